The van der Waals surface area contributed by atoms with Crippen LogP contribution in [-0.4, -0.2) is 32.8 Å². The maximum atomic E-state index is 11.5. The average Bonchev–Trinajstić information content (AvgIpc) is 2.39. The Morgan fingerprint density at radius 1 is 1.26 bits per heavy atom. The maximum absolute atomic E-state index is 11.5. The first kappa shape index (κ1) is 15.2. The minimum atomic E-state index is -3.73. The van der Waals surface area contributed by atoms with Crippen LogP contribution in [0, 0.1) is 0 Å². The van der Waals surface area contributed by atoms with Crippen LogP contribution in [0.4, 0.5) is 0 Å². The Bertz CT molecular complexity index is 575. The molecule has 104 valence electrons. The summed E-state index contributed by atoms with van der Waals surface area (Å²) in [6.07, 6.45) is 0. The predicted octanol–water partition coefficient (Wildman–Crippen LogP) is 1.35. The molecule has 1 rings (SSSR count). The van der Waals surface area contributed by atoms with Crippen LogP contribution < -0.4 is 4.74 Å². The van der Waals surface area contributed by atoms with E-state index in [-0.39, 0.29) is 11.5 Å². The molecule has 1 aromatic rings. The number of hydrogen-bond donors (Lipinski definition) is 0. The monoisotopic (exact) mass is 285 g/mol. The lowest BCUT2D eigenvalue weighted by Crippen LogP contribution is -2.14. The van der Waals surface area contributed by atoms with Crippen molar-refractivity contribution in [2.45, 2.75) is 13.8 Å². The molecule has 0 aromatic heterocycles. The van der Waals surface area contributed by atoms with Crippen molar-refractivity contribution in [2.75, 3.05) is 12.9 Å². The second-order valence-corrected chi connectivity index (χ2v) is 5.49. The summed E-state index contributed by atoms with van der Waals surface area (Å²) in [6.45, 7) is 2.71. The highest BCUT2D eigenvalue weighted by Gasteiger charge is 2.13. The first-order valence-corrected chi connectivity index (χ1v) is 7.12. The van der Waals surface area contributed by atoms with E-state index in [4.69, 9.17) is 4.74 Å². The second-order valence-electron chi connectivity index (χ2n) is 3.65. The SMILES string of the molecule is CCS(=O)(=O)ON=C(C(C)=O)c1ccc(OC)cc1. The van der Waals surface area contributed by atoms with Crippen molar-refractivity contribution >= 4 is 21.6 Å². The lowest BCUT2D eigenvalue weighted by molar-refractivity contribution is -0.111. The van der Waals surface area contributed by atoms with Gasteiger partial charge in [-0.1, -0.05) is 5.16 Å². The quantitative estimate of drug-likeness (QED) is 0.582. The van der Waals surface area contributed by atoms with E-state index in [0.717, 1.165) is 0 Å². The van der Waals surface area contributed by atoms with E-state index < -0.39 is 15.9 Å². The van der Waals surface area contributed by atoms with Crippen LogP contribution in [0.3, 0.4) is 0 Å². The molecule has 0 bridgehead atoms. The van der Waals surface area contributed by atoms with Gasteiger partial charge in [0, 0.05) is 12.5 Å². The van der Waals surface area contributed by atoms with E-state index in [1.165, 1.54) is 21.0 Å². The van der Waals surface area contributed by atoms with E-state index in [2.05, 4.69) is 9.44 Å². The Balaban J connectivity index is 3.06. The number of ketones is 1. The number of oxime groups is 1. The molecule has 7 heteroatoms. The standard InChI is InChI=1S/C12H15NO5S/c1-4-19(15,16)18-13-12(9(2)14)10-5-7-11(17-3)8-6-10/h5-8H,4H2,1-3H3. The zero-order valence-corrected chi connectivity index (χ0v) is 11.7. The highest BCUT2D eigenvalue weighted by atomic mass is 32.2. The molecule has 0 fully saturated rings. The number of carbonyl (C=O) groups is 1. The smallest absolute Gasteiger partial charge is 0.328 e. The number of carbonyl (C=O) groups excluding carboxylic acids is 1. The second kappa shape index (κ2) is 6.33. The molecule has 0 heterocycles. The normalized spacial score (nSPS) is 12.1. The van der Waals surface area contributed by atoms with Crippen molar-refractivity contribution in [2.24, 2.45) is 5.16 Å². The minimum absolute atomic E-state index is 0.0559. The molecule has 0 N–H and O–H groups in total. The summed E-state index contributed by atoms with van der Waals surface area (Å²) in [5, 5.41) is 3.43. The Labute approximate surface area is 112 Å². The molecule has 19 heavy (non-hydrogen) atoms. The molecule has 6 nitrogen and oxygen atoms in total. The molecular weight excluding hydrogens is 270 g/mol. The van der Waals surface area contributed by atoms with Gasteiger partial charge in [-0.15, -0.1) is 0 Å². The van der Waals surface area contributed by atoms with E-state index in [1.54, 1.807) is 24.3 Å². The van der Waals surface area contributed by atoms with Crippen molar-refractivity contribution in [3.8, 4) is 5.75 Å². The van der Waals surface area contributed by atoms with Crippen LogP contribution in [0.2, 0.25) is 0 Å². The highest BCUT2D eigenvalue weighted by Crippen LogP contribution is 2.13. The molecule has 0 radical (unpaired) electrons. The van der Waals surface area contributed by atoms with Crippen molar-refractivity contribution in [3.05, 3.63) is 29.8 Å². The molecule has 0 aliphatic carbocycles. The Hall–Kier alpha value is -1.89. The zero-order chi connectivity index (χ0) is 14.5. The van der Waals surface area contributed by atoms with Gasteiger partial charge >= 0.3 is 10.1 Å². The number of nitrogens with zero attached hydrogens (tertiary/aromatic N) is 1. The van der Waals surface area contributed by atoms with Gasteiger partial charge in [0.2, 0.25) is 0 Å². The summed E-state index contributed by atoms with van der Waals surface area (Å²) in [7, 11) is -2.21. The molecule has 0 saturated carbocycles. The number of benzene rings is 1. The van der Waals surface area contributed by atoms with E-state index in [1.807, 2.05) is 0 Å². The Kier molecular flexibility index (Phi) is 5.05. The largest absolute Gasteiger partial charge is 0.497 e. The lowest BCUT2D eigenvalue weighted by atomic mass is 10.1. The van der Waals surface area contributed by atoms with Gasteiger partial charge in [0.25, 0.3) is 0 Å². The van der Waals surface area contributed by atoms with Crippen molar-refractivity contribution < 1.29 is 22.2 Å². The summed E-state index contributed by atoms with van der Waals surface area (Å²) in [6, 6.07) is 6.48. The fourth-order valence-electron chi connectivity index (χ4n) is 1.22. The summed E-state index contributed by atoms with van der Waals surface area (Å²) >= 11 is 0. The third-order valence-electron chi connectivity index (χ3n) is 2.29. The number of methoxy groups -OCH3 is 1. The average molecular weight is 285 g/mol. The summed E-state index contributed by atoms with van der Waals surface area (Å²) in [5.41, 5.74) is 0.402. The van der Waals surface area contributed by atoms with Crippen molar-refractivity contribution in [1.29, 1.82) is 0 Å². The van der Waals surface area contributed by atoms with E-state index in [0.29, 0.717) is 11.3 Å². The summed E-state index contributed by atoms with van der Waals surface area (Å²) < 4.78 is 31.8. The van der Waals surface area contributed by atoms with E-state index >= 15 is 0 Å². The van der Waals surface area contributed by atoms with Gasteiger partial charge in [-0.2, -0.15) is 8.42 Å². The van der Waals surface area contributed by atoms with Crippen molar-refractivity contribution in [1.82, 2.24) is 0 Å². The molecule has 1 aromatic carbocycles. The molecule has 0 aliphatic rings. The fraction of sp³-hybridized carbons (Fsp3) is 0.333. The van der Waals surface area contributed by atoms with Crippen LogP contribution in [0.25, 0.3) is 0 Å². The number of Topliss-reactive ketones (excluding diaryl/α,β-unsaturated/α-hetero) is 1. The van der Waals surface area contributed by atoms with Gasteiger partial charge in [0.05, 0.1) is 12.9 Å². The minimum Gasteiger partial charge on any atom is -0.497 e. The van der Waals surface area contributed by atoms with Gasteiger partial charge < -0.3 is 4.74 Å². The highest BCUT2D eigenvalue weighted by molar-refractivity contribution is 7.86. The number of hydrogen-bond acceptors (Lipinski definition) is 6. The number of ether oxygens (including phenoxy) is 1. The number of rotatable bonds is 6. The van der Waals surface area contributed by atoms with Crippen molar-refractivity contribution in [3.63, 3.8) is 0 Å². The predicted molar refractivity (Wildman–Crippen MR) is 70.8 cm³/mol. The van der Waals surface area contributed by atoms with Crippen LogP contribution >= 0.6 is 0 Å². The van der Waals surface area contributed by atoms with Crippen LogP contribution in [0.1, 0.15) is 19.4 Å². The molecule has 0 amide bonds. The first-order chi connectivity index (χ1) is 8.89. The topological polar surface area (TPSA) is 82.0 Å². The fourth-order valence-corrected chi connectivity index (χ4v) is 1.51. The summed E-state index contributed by atoms with van der Waals surface area (Å²) in [5.74, 6) is 0.00910. The third-order valence-corrected chi connectivity index (χ3v) is 3.30. The lowest BCUT2D eigenvalue weighted by Gasteiger charge is -2.04. The molecule has 0 spiro atoms. The molecule has 0 atom stereocenters. The van der Waals surface area contributed by atoms with Gasteiger partial charge in [0.1, 0.15) is 5.75 Å². The third kappa shape index (κ3) is 4.36. The van der Waals surface area contributed by atoms with Gasteiger partial charge in [-0.05, 0) is 31.2 Å². The van der Waals surface area contributed by atoms with Crippen LogP contribution in [-0.2, 0) is 19.2 Å². The Morgan fingerprint density at radius 2 is 1.84 bits per heavy atom. The molecule has 0 aliphatic heterocycles. The maximum Gasteiger partial charge on any atom is 0.328 e. The van der Waals surface area contributed by atoms with Gasteiger partial charge in [0.15, 0.2) is 11.5 Å². The van der Waals surface area contributed by atoms with Crippen LogP contribution in [0.15, 0.2) is 29.4 Å². The van der Waals surface area contributed by atoms with Gasteiger partial charge in [-0.25, -0.2) is 0 Å². The Morgan fingerprint density at radius 3 is 2.26 bits per heavy atom. The molecule has 0 unspecified atom stereocenters. The molecular formula is C12H15NO5S. The molecule has 0 saturated heterocycles. The van der Waals surface area contributed by atoms with Gasteiger partial charge in [-0.3, -0.25) is 9.08 Å². The first-order valence-electron chi connectivity index (χ1n) is 5.54. The van der Waals surface area contributed by atoms with Crippen LogP contribution in [0.5, 0.6) is 5.75 Å². The summed E-state index contributed by atoms with van der Waals surface area (Å²) in [4.78, 5) is 11.5. The van der Waals surface area contributed by atoms with E-state index in [9.17, 15) is 13.2 Å². The zero-order valence-electron chi connectivity index (χ0n) is 10.9.